The van der Waals surface area contributed by atoms with Crippen LogP contribution < -0.4 is 11.5 Å². The summed E-state index contributed by atoms with van der Waals surface area (Å²) in [6, 6.07) is 9.52. The summed E-state index contributed by atoms with van der Waals surface area (Å²) in [4.78, 5) is 13.1. The van der Waals surface area contributed by atoms with Crippen LogP contribution in [0.2, 0.25) is 0 Å². The molecule has 1 amide bonds. The summed E-state index contributed by atoms with van der Waals surface area (Å²) < 4.78 is 0. The van der Waals surface area contributed by atoms with E-state index in [0.717, 1.165) is 30.3 Å². The van der Waals surface area contributed by atoms with Crippen molar-refractivity contribution in [2.24, 2.45) is 29.2 Å². The first-order valence-corrected chi connectivity index (χ1v) is 7.48. The van der Waals surface area contributed by atoms with Crippen LogP contribution in [0.15, 0.2) is 30.3 Å². The molecule has 0 spiro atoms. The van der Waals surface area contributed by atoms with E-state index in [9.17, 15) is 4.79 Å². The third-order valence-electron chi connectivity index (χ3n) is 5.07. The van der Waals surface area contributed by atoms with Crippen molar-refractivity contribution in [3.63, 3.8) is 0 Å². The van der Waals surface area contributed by atoms with E-state index in [1.807, 2.05) is 6.07 Å². The molecule has 4 aliphatic rings. The van der Waals surface area contributed by atoms with Gasteiger partial charge in [0.2, 0.25) is 5.91 Å². The molecule has 4 fully saturated rings. The lowest BCUT2D eigenvalue weighted by atomic mass is 9.92. The molecule has 5 atom stereocenters. The first-order chi connectivity index (χ1) is 9.69. The molecule has 20 heavy (non-hydrogen) atoms. The lowest BCUT2D eigenvalue weighted by Gasteiger charge is -2.34. The zero-order chi connectivity index (χ0) is 14.1. The molecule has 1 aromatic rings. The summed E-state index contributed by atoms with van der Waals surface area (Å²) in [6.07, 6.45) is 3.00. The maximum atomic E-state index is 10.4. The van der Waals surface area contributed by atoms with Gasteiger partial charge >= 0.3 is 0 Å². The highest BCUT2D eigenvalue weighted by molar-refractivity contribution is 5.92. The van der Waals surface area contributed by atoms with Crippen LogP contribution in [0.1, 0.15) is 23.2 Å². The maximum Gasteiger partial charge on any atom is 0.248 e. The number of carbonyl (C=O) groups is 1. The lowest BCUT2D eigenvalue weighted by Crippen LogP contribution is -2.45. The van der Waals surface area contributed by atoms with Crippen molar-refractivity contribution in [2.75, 3.05) is 19.6 Å². The van der Waals surface area contributed by atoms with Crippen LogP contribution in [0.25, 0.3) is 0 Å². The molecule has 3 saturated heterocycles. The van der Waals surface area contributed by atoms with Crippen molar-refractivity contribution >= 4 is 5.91 Å². The lowest BCUT2D eigenvalue weighted by molar-refractivity contribution is 0.100. The minimum Gasteiger partial charge on any atom is -0.366 e. The largest absolute Gasteiger partial charge is 0.366 e. The van der Waals surface area contributed by atoms with Gasteiger partial charge in [0.05, 0.1) is 0 Å². The Balaban J connectivity index is 0.000000124. The van der Waals surface area contributed by atoms with Crippen LogP contribution >= 0.6 is 0 Å². The SMILES string of the molecule is NC(=O)c1ccccc1.NCC1C2CC3CC2CN1C3. The molecule has 5 unspecified atom stereocenters. The standard InChI is InChI=1S/C9H16N2.C7H7NO/c10-3-9-8-2-6-1-7(8)5-11(9)4-6;8-7(9)6-4-2-1-3-5-6/h6-9H,1-5,10H2;1-5H,(H2,8,9). The number of amides is 1. The quantitative estimate of drug-likeness (QED) is 0.846. The number of carbonyl (C=O) groups excluding carboxylic acids is 1. The van der Waals surface area contributed by atoms with E-state index in [1.54, 1.807) is 24.3 Å². The second-order valence-corrected chi connectivity index (χ2v) is 6.25. The van der Waals surface area contributed by atoms with Gasteiger partial charge in [-0.3, -0.25) is 9.69 Å². The van der Waals surface area contributed by atoms with Gasteiger partial charge in [0.1, 0.15) is 0 Å². The van der Waals surface area contributed by atoms with Gasteiger partial charge in [-0.1, -0.05) is 18.2 Å². The van der Waals surface area contributed by atoms with Crippen LogP contribution in [-0.4, -0.2) is 36.5 Å². The van der Waals surface area contributed by atoms with Gasteiger partial charge in [-0.15, -0.1) is 0 Å². The molecule has 3 aliphatic heterocycles. The number of piperidine rings is 2. The fourth-order valence-electron chi connectivity index (χ4n) is 4.28. The second kappa shape index (κ2) is 5.54. The molecule has 4 N–H and O–H groups in total. The Morgan fingerprint density at radius 1 is 1.20 bits per heavy atom. The van der Waals surface area contributed by atoms with E-state index in [0.29, 0.717) is 5.56 Å². The molecule has 108 valence electrons. The minimum atomic E-state index is -0.379. The first-order valence-electron chi connectivity index (χ1n) is 7.48. The molecular formula is C16H23N3O. The number of benzene rings is 1. The molecule has 1 saturated carbocycles. The predicted octanol–water partition coefficient (Wildman–Crippen LogP) is 1.07. The minimum absolute atomic E-state index is 0.379. The van der Waals surface area contributed by atoms with Gasteiger partial charge in [-0.05, 0) is 42.7 Å². The van der Waals surface area contributed by atoms with Crippen molar-refractivity contribution in [2.45, 2.75) is 18.9 Å². The van der Waals surface area contributed by atoms with E-state index in [2.05, 4.69) is 4.90 Å². The van der Waals surface area contributed by atoms with Crippen LogP contribution in [0.3, 0.4) is 0 Å². The predicted molar refractivity (Wildman–Crippen MR) is 79.1 cm³/mol. The van der Waals surface area contributed by atoms with E-state index < -0.39 is 0 Å². The van der Waals surface area contributed by atoms with Gasteiger partial charge < -0.3 is 11.5 Å². The molecule has 3 heterocycles. The highest BCUT2D eigenvalue weighted by Crippen LogP contribution is 2.50. The number of hydrogen-bond acceptors (Lipinski definition) is 3. The Kier molecular flexibility index (Phi) is 3.76. The highest BCUT2D eigenvalue weighted by Gasteiger charge is 2.51. The van der Waals surface area contributed by atoms with E-state index in [4.69, 9.17) is 11.5 Å². The normalized spacial score (nSPS) is 36.5. The summed E-state index contributed by atoms with van der Waals surface area (Å²) in [6.45, 7) is 3.62. The third kappa shape index (κ3) is 2.45. The zero-order valence-corrected chi connectivity index (χ0v) is 11.7. The van der Waals surface area contributed by atoms with Crippen molar-refractivity contribution in [3.05, 3.63) is 35.9 Å². The van der Waals surface area contributed by atoms with E-state index in [-0.39, 0.29) is 5.91 Å². The van der Waals surface area contributed by atoms with Gasteiger partial charge in [0, 0.05) is 31.2 Å². The molecular weight excluding hydrogens is 250 g/mol. The molecule has 0 aromatic heterocycles. The molecule has 4 bridgehead atoms. The molecule has 1 aromatic carbocycles. The topological polar surface area (TPSA) is 72.3 Å². The summed E-state index contributed by atoms with van der Waals surface area (Å²) in [7, 11) is 0. The smallest absolute Gasteiger partial charge is 0.248 e. The van der Waals surface area contributed by atoms with E-state index in [1.165, 1.54) is 25.9 Å². The Morgan fingerprint density at radius 3 is 2.50 bits per heavy atom. The summed E-state index contributed by atoms with van der Waals surface area (Å²) in [5.74, 6) is 2.68. The van der Waals surface area contributed by atoms with Gasteiger partial charge in [0.25, 0.3) is 0 Å². The monoisotopic (exact) mass is 273 g/mol. The summed E-state index contributed by atoms with van der Waals surface area (Å²) >= 11 is 0. The molecule has 1 aliphatic carbocycles. The zero-order valence-electron chi connectivity index (χ0n) is 11.7. The summed E-state index contributed by atoms with van der Waals surface area (Å²) in [5, 5.41) is 0. The van der Waals surface area contributed by atoms with Gasteiger partial charge in [-0.25, -0.2) is 0 Å². The maximum absolute atomic E-state index is 10.4. The number of hydrogen-bond donors (Lipinski definition) is 2. The summed E-state index contributed by atoms with van der Waals surface area (Å²) in [5.41, 5.74) is 11.3. The molecule has 0 radical (unpaired) electrons. The van der Waals surface area contributed by atoms with Crippen LogP contribution in [0, 0.1) is 17.8 Å². The van der Waals surface area contributed by atoms with Crippen LogP contribution in [0.5, 0.6) is 0 Å². The Morgan fingerprint density at radius 2 is 1.95 bits per heavy atom. The first kappa shape index (κ1) is 13.6. The average Bonchev–Trinajstić information content (AvgIpc) is 2.88. The fraction of sp³-hybridized carbons (Fsp3) is 0.562. The second-order valence-electron chi connectivity index (χ2n) is 6.25. The fourth-order valence-corrected chi connectivity index (χ4v) is 4.28. The number of rotatable bonds is 2. The highest BCUT2D eigenvalue weighted by atomic mass is 16.1. The Bertz CT molecular complexity index is 472. The Hall–Kier alpha value is -1.39. The van der Waals surface area contributed by atoms with Crippen molar-refractivity contribution in [1.29, 1.82) is 0 Å². The van der Waals surface area contributed by atoms with Crippen molar-refractivity contribution in [3.8, 4) is 0 Å². The van der Waals surface area contributed by atoms with Gasteiger partial charge in [-0.2, -0.15) is 0 Å². The molecule has 4 heteroatoms. The van der Waals surface area contributed by atoms with Crippen LogP contribution in [0.4, 0.5) is 0 Å². The molecule has 4 nitrogen and oxygen atoms in total. The third-order valence-corrected chi connectivity index (χ3v) is 5.07. The molecule has 5 rings (SSSR count). The van der Waals surface area contributed by atoms with Gasteiger partial charge in [0.15, 0.2) is 0 Å². The Labute approximate surface area is 120 Å². The van der Waals surface area contributed by atoms with E-state index >= 15 is 0 Å². The number of nitrogens with zero attached hydrogens (tertiary/aromatic N) is 1. The van der Waals surface area contributed by atoms with Crippen molar-refractivity contribution < 1.29 is 4.79 Å². The number of nitrogens with two attached hydrogens (primary N) is 2. The van der Waals surface area contributed by atoms with Crippen molar-refractivity contribution in [1.82, 2.24) is 4.90 Å². The number of primary amides is 1. The average molecular weight is 273 g/mol. The van der Waals surface area contributed by atoms with Crippen LogP contribution in [-0.2, 0) is 0 Å².